The van der Waals surface area contributed by atoms with Gasteiger partial charge in [-0.3, -0.25) is 4.79 Å². The smallest absolute Gasteiger partial charge is 0.226 e. The van der Waals surface area contributed by atoms with Gasteiger partial charge in [-0.05, 0) is 13.3 Å². The lowest BCUT2D eigenvalue weighted by Gasteiger charge is -2.14. The highest BCUT2D eigenvalue weighted by molar-refractivity contribution is 5.78. The van der Waals surface area contributed by atoms with Crippen LogP contribution in [0.3, 0.4) is 0 Å². The molecule has 0 unspecified atom stereocenters. The Morgan fingerprint density at radius 2 is 2.42 bits per heavy atom. The maximum atomic E-state index is 11.4. The van der Waals surface area contributed by atoms with E-state index >= 15 is 0 Å². The van der Waals surface area contributed by atoms with Gasteiger partial charge >= 0.3 is 0 Å². The molecule has 1 aliphatic rings. The lowest BCUT2D eigenvalue weighted by molar-refractivity contribution is -0.129. The second-order valence-corrected chi connectivity index (χ2v) is 3.42. The quantitative estimate of drug-likeness (QED) is 0.613. The van der Waals surface area contributed by atoms with Crippen molar-refractivity contribution in [3.05, 3.63) is 12.2 Å². The minimum absolute atomic E-state index is 0.0825. The number of hydrogen-bond donors (Lipinski definition) is 1. The average molecular weight is 169 g/mol. The molecule has 0 bridgehead atoms. The maximum absolute atomic E-state index is 11.4. The van der Waals surface area contributed by atoms with Crippen molar-refractivity contribution < 1.29 is 9.90 Å². The second kappa shape index (κ2) is 3.72. The summed E-state index contributed by atoms with van der Waals surface area (Å²) in [6.07, 6.45) is 0.799. The molecule has 1 fully saturated rings. The third-order valence-electron chi connectivity index (χ3n) is 1.97. The van der Waals surface area contributed by atoms with Gasteiger partial charge in [-0.1, -0.05) is 12.2 Å². The summed E-state index contributed by atoms with van der Waals surface area (Å²) >= 11 is 0. The van der Waals surface area contributed by atoms with Crippen molar-refractivity contribution in [3.8, 4) is 0 Å². The molecular weight excluding hydrogens is 154 g/mol. The third-order valence-corrected chi connectivity index (χ3v) is 1.97. The summed E-state index contributed by atoms with van der Waals surface area (Å²) in [7, 11) is 0. The first-order valence-corrected chi connectivity index (χ1v) is 4.20. The van der Waals surface area contributed by atoms with Crippen molar-refractivity contribution in [2.75, 3.05) is 13.1 Å². The summed E-state index contributed by atoms with van der Waals surface area (Å²) in [6.45, 7) is 6.69. The summed E-state index contributed by atoms with van der Waals surface area (Å²) < 4.78 is 0. The number of nitrogens with zero attached hydrogens (tertiary/aromatic N) is 1. The fraction of sp³-hybridized carbons (Fsp3) is 0.667. The number of aliphatic hydroxyl groups excluding tert-OH is 1. The molecule has 1 heterocycles. The molecule has 0 radical (unpaired) electrons. The first-order chi connectivity index (χ1) is 5.59. The van der Waals surface area contributed by atoms with E-state index in [2.05, 4.69) is 6.58 Å². The zero-order valence-corrected chi connectivity index (χ0v) is 7.42. The predicted molar refractivity (Wildman–Crippen MR) is 46.6 cm³/mol. The lowest BCUT2D eigenvalue weighted by Crippen LogP contribution is -2.29. The van der Waals surface area contributed by atoms with E-state index in [-0.39, 0.29) is 12.0 Å². The highest BCUT2D eigenvalue weighted by Crippen LogP contribution is 2.11. The summed E-state index contributed by atoms with van der Waals surface area (Å²) in [5, 5.41) is 9.17. The minimum Gasteiger partial charge on any atom is -0.391 e. The number of likely N-dealkylation sites (tertiary alicyclic amines) is 1. The number of hydrogen-bond acceptors (Lipinski definition) is 2. The number of aliphatic hydroxyl groups is 1. The van der Waals surface area contributed by atoms with E-state index < -0.39 is 0 Å². The van der Waals surface area contributed by atoms with Crippen molar-refractivity contribution in [3.63, 3.8) is 0 Å². The highest BCUT2D eigenvalue weighted by Gasteiger charge is 2.23. The second-order valence-electron chi connectivity index (χ2n) is 3.42. The van der Waals surface area contributed by atoms with Crippen LogP contribution in [0.25, 0.3) is 0 Å². The molecule has 1 saturated heterocycles. The molecule has 0 aromatic rings. The van der Waals surface area contributed by atoms with Crippen molar-refractivity contribution >= 4 is 5.91 Å². The van der Waals surface area contributed by atoms with Gasteiger partial charge in [0.05, 0.1) is 6.10 Å². The van der Waals surface area contributed by atoms with Gasteiger partial charge in [0.1, 0.15) is 0 Å². The van der Waals surface area contributed by atoms with E-state index in [1.54, 1.807) is 4.90 Å². The minimum atomic E-state index is -0.320. The molecular formula is C9H15NO2. The Morgan fingerprint density at radius 1 is 1.75 bits per heavy atom. The maximum Gasteiger partial charge on any atom is 0.226 e. The molecule has 0 spiro atoms. The van der Waals surface area contributed by atoms with Gasteiger partial charge in [0, 0.05) is 19.5 Å². The van der Waals surface area contributed by atoms with Gasteiger partial charge in [-0.25, -0.2) is 0 Å². The van der Waals surface area contributed by atoms with Gasteiger partial charge < -0.3 is 10.0 Å². The number of rotatable bonds is 2. The lowest BCUT2D eigenvalue weighted by atomic mass is 10.2. The van der Waals surface area contributed by atoms with Gasteiger partial charge in [0.15, 0.2) is 0 Å². The Kier molecular flexibility index (Phi) is 2.87. The topological polar surface area (TPSA) is 40.5 Å². The monoisotopic (exact) mass is 169 g/mol. The van der Waals surface area contributed by atoms with Gasteiger partial charge in [0.25, 0.3) is 0 Å². The Morgan fingerprint density at radius 3 is 2.83 bits per heavy atom. The van der Waals surface area contributed by atoms with Crippen LogP contribution in [0.1, 0.15) is 19.8 Å². The van der Waals surface area contributed by atoms with Crippen LogP contribution in [0.2, 0.25) is 0 Å². The van der Waals surface area contributed by atoms with Crippen molar-refractivity contribution in [2.24, 2.45) is 0 Å². The fourth-order valence-corrected chi connectivity index (χ4v) is 1.34. The average Bonchev–Trinajstić information content (AvgIpc) is 2.34. The van der Waals surface area contributed by atoms with E-state index in [1.165, 1.54) is 0 Å². The molecule has 3 nitrogen and oxygen atoms in total. The number of carbonyl (C=O) groups excluding carboxylic acids is 1. The fourth-order valence-electron chi connectivity index (χ4n) is 1.34. The number of amides is 1. The normalized spacial score (nSPS) is 22.8. The molecule has 0 aromatic carbocycles. The molecule has 0 saturated carbocycles. The SMILES string of the molecule is C=C(C)CC(=O)N1CC[C@@H](O)C1. The summed E-state index contributed by atoms with van der Waals surface area (Å²) in [5.74, 6) is 0.0825. The van der Waals surface area contributed by atoms with Crippen molar-refractivity contribution in [1.82, 2.24) is 4.90 Å². The number of β-amino-alcohol motifs (C(OH)–C–C–N with tert-alkyl or cyclic N) is 1. The zero-order valence-electron chi connectivity index (χ0n) is 7.42. The molecule has 1 aliphatic heterocycles. The van der Waals surface area contributed by atoms with Crippen LogP contribution >= 0.6 is 0 Å². The van der Waals surface area contributed by atoms with E-state index in [9.17, 15) is 4.79 Å². The van der Waals surface area contributed by atoms with Crippen LogP contribution in [0, 0.1) is 0 Å². The van der Waals surface area contributed by atoms with E-state index in [4.69, 9.17) is 5.11 Å². The van der Waals surface area contributed by atoms with Crippen LogP contribution in [-0.4, -0.2) is 35.1 Å². The number of carbonyl (C=O) groups is 1. The van der Waals surface area contributed by atoms with Crippen molar-refractivity contribution in [1.29, 1.82) is 0 Å². The third kappa shape index (κ3) is 2.34. The predicted octanol–water partition coefficient (Wildman–Crippen LogP) is 0.546. The van der Waals surface area contributed by atoms with Crippen LogP contribution in [-0.2, 0) is 4.79 Å². The Bertz CT molecular complexity index is 201. The van der Waals surface area contributed by atoms with Crippen LogP contribution in [0.15, 0.2) is 12.2 Å². The van der Waals surface area contributed by atoms with Gasteiger partial charge in [-0.2, -0.15) is 0 Å². The van der Waals surface area contributed by atoms with E-state index in [0.29, 0.717) is 25.9 Å². The molecule has 1 N–H and O–H groups in total. The summed E-state index contributed by atoms with van der Waals surface area (Å²) in [6, 6.07) is 0. The molecule has 0 aromatic heterocycles. The molecule has 1 amide bonds. The van der Waals surface area contributed by atoms with Gasteiger partial charge in [0.2, 0.25) is 5.91 Å². The van der Waals surface area contributed by atoms with Crippen molar-refractivity contribution in [2.45, 2.75) is 25.9 Å². The molecule has 1 rings (SSSR count). The van der Waals surface area contributed by atoms with Crippen LogP contribution < -0.4 is 0 Å². The summed E-state index contributed by atoms with van der Waals surface area (Å²) in [4.78, 5) is 13.0. The highest BCUT2D eigenvalue weighted by atomic mass is 16.3. The molecule has 68 valence electrons. The summed E-state index contributed by atoms with van der Waals surface area (Å²) in [5.41, 5.74) is 0.876. The Labute approximate surface area is 72.7 Å². The largest absolute Gasteiger partial charge is 0.391 e. The molecule has 3 heteroatoms. The van der Waals surface area contributed by atoms with Crippen LogP contribution in [0.5, 0.6) is 0 Å². The zero-order chi connectivity index (χ0) is 9.14. The Balaban J connectivity index is 2.38. The Hall–Kier alpha value is -0.830. The van der Waals surface area contributed by atoms with Gasteiger partial charge in [-0.15, -0.1) is 0 Å². The van der Waals surface area contributed by atoms with E-state index in [1.807, 2.05) is 6.92 Å². The molecule has 1 atom stereocenters. The van der Waals surface area contributed by atoms with Crippen LogP contribution in [0.4, 0.5) is 0 Å². The van der Waals surface area contributed by atoms with E-state index in [0.717, 1.165) is 5.57 Å². The first kappa shape index (κ1) is 9.26. The first-order valence-electron chi connectivity index (χ1n) is 4.20. The molecule has 0 aliphatic carbocycles. The molecule has 12 heavy (non-hydrogen) atoms. The standard InChI is InChI=1S/C9H15NO2/c1-7(2)5-9(12)10-4-3-8(11)6-10/h8,11H,1,3-6H2,2H3/t8-/m1/s1.